The van der Waals surface area contributed by atoms with Gasteiger partial charge in [-0.1, -0.05) is 32.9 Å². The monoisotopic (exact) mass is 551 g/mol. The van der Waals surface area contributed by atoms with Gasteiger partial charge in [0.2, 0.25) is 0 Å². The van der Waals surface area contributed by atoms with Gasteiger partial charge in [-0.05, 0) is 82.9 Å². The van der Waals surface area contributed by atoms with Gasteiger partial charge in [-0.3, -0.25) is 9.23 Å². The van der Waals surface area contributed by atoms with Crippen molar-refractivity contribution in [1.29, 1.82) is 0 Å². The standard InChI is InChI=1S/C13H15BrN2O4S.C12H19N/c14-13-11-7-10(21(17,18)19)1-2-12(11)16(15-13)8-9-3-5-20-6-4-9;1-4-11-5-7-12(8-6-11)13-9-10(2)3/h1-2,7,9H,3-6,8H2,(H,17,18,19);5-8,10,13H,4,9H2,1-3H3. The first-order valence-electron chi connectivity index (χ1n) is 11.7. The summed E-state index contributed by atoms with van der Waals surface area (Å²) in [5.41, 5.74) is 3.47. The van der Waals surface area contributed by atoms with E-state index in [-0.39, 0.29) is 4.90 Å². The lowest BCUT2D eigenvalue weighted by molar-refractivity contribution is 0.0605. The van der Waals surface area contributed by atoms with Crippen molar-refractivity contribution in [3.05, 3.63) is 52.6 Å². The number of hydrogen-bond donors (Lipinski definition) is 2. The summed E-state index contributed by atoms with van der Waals surface area (Å²) in [6.07, 6.45) is 3.12. The summed E-state index contributed by atoms with van der Waals surface area (Å²) in [5, 5.41) is 8.50. The first-order chi connectivity index (χ1) is 16.2. The van der Waals surface area contributed by atoms with Crippen molar-refractivity contribution in [1.82, 2.24) is 9.78 Å². The molecule has 1 aliphatic heterocycles. The quantitative estimate of drug-likeness (QED) is 0.361. The number of halogens is 1. The normalized spacial score (nSPS) is 14.8. The van der Waals surface area contributed by atoms with E-state index in [0.29, 0.717) is 21.8 Å². The average molecular weight is 553 g/mol. The van der Waals surface area contributed by atoms with Crippen LogP contribution in [-0.4, -0.2) is 42.5 Å². The number of fused-ring (bicyclic) bond motifs is 1. The van der Waals surface area contributed by atoms with Crippen molar-refractivity contribution in [2.75, 3.05) is 25.1 Å². The Kier molecular flexibility index (Phi) is 9.53. The summed E-state index contributed by atoms with van der Waals surface area (Å²) in [4.78, 5) is -0.124. The third kappa shape index (κ3) is 7.53. The predicted octanol–water partition coefficient (Wildman–Crippen LogP) is 5.79. The molecule has 0 aliphatic carbocycles. The van der Waals surface area contributed by atoms with Gasteiger partial charge < -0.3 is 10.1 Å². The predicted molar refractivity (Wildman–Crippen MR) is 140 cm³/mol. The summed E-state index contributed by atoms with van der Waals surface area (Å²) < 4.78 is 39.4. The molecule has 4 rings (SSSR count). The van der Waals surface area contributed by atoms with E-state index >= 15 is 0 Å². The van der Waals surface area contributed by atoms with Gasteiger partial charge in [0.15, 0.2) is 0 Å². The molecular formula is C25H34BrN3O4S. The van der Waals surface area contributed by atoms with E-state index in [1.807, 2.05) is 4.68 Å². The second kappa shape index (κ2) is 12.2. The fourth-order valence-corrected chi connectivity index (χ4v) is 4.79. The molecule has 9 heteroatoms. The lowest BCUT2D eigenvalue weighted by atomic mass is 10.0. The number of hydrogen-bond acceptors (Lipinski definition) is 5. The molecule has 1 saturated heterocycles. The van der Waals surface area contributed by atoms with Crippen LogP contribution in [0.2, 0.25) is 0 Å². The molecule has 2 aromatic carbocycles. The van der Waals surface area contributed by atoms with Crippen molar-refractivity contribution in [3.8, 4) is 0 Å². The number of rotatable bonds is 7. The fraction of sp³-hybridized carbons (Fsp3) is 0.480. The van der Waals surface area contributed by atoms with Crippen LogP contribution >= 0.6 is 15.9 Å². The lowest BCUT2D eigenvalue weighted by Gasteiger charge is -2.22. The molecule has 2 N–H and O–H groups in total. The minimum absolute atomic E-state index is 0.124. The summed E-state index contributed by atoms with van der Waals surface area (Å²) in [6, 6.07) is 13.2. The average Bonchev–Trinajstić information content (AvgIpc) is 3.13. The number of nitrogens with one attached hydrogen (secondary N) is 1. The third-order valence-corrected chi connectivity index (χ3v) is 7.26. The number of benzene rings is 2. The van der Waals surface area contributed by atoms with Crippen LogP contribution < -0.4 is 5.32 Å². The van der Waals surface area contributed by atoms with Crippen LogP contribution in [0.3, 0.4) is 0 Å². The minimum atomic E-state index is -4.20. The highest BCUT2D eigenvalue weighted by molar-refractivity contribution is 9.10. The molecular weight excluding hydrogens is 518 g/mol. The number of aromatic nitrogens is 2. The molecule has 34 heavy (non-hydrogen) atoms. The van der Waals surface area contributed by atoms with Crippen LogP contribution in [0.25, 0.3) is 10.9 Å². The first kappa shape index (κ1) is 26.7. The van der Waals surface area contributed by atoms with Crippen LogP contribution in [0.4, 0.5) is 5.69 Å². The highest BCUT2D eigenvalue weighted by atomic mass is 79.9. The van der Waals surface area contributed by atoms with E-state index in [2.05, 4.69) is 71.4 Å². The van der Waals surface area contributed by atoms with Crippen molar-refractivity contribution >= 4 is 42.6 Å². The van der Waals surface area contributed by atoms with E-state index in [9.17, 15) is 8.42 Å². The summed E-state index contributed by atoms with van der Waals surface area (Å²) in [5.74, 6) is 1.21. The number of ether oxygens (including phenoxy) is 1. The van der Waals surface area contributed by atoms with Gasteiger partial charge in [0, 0.05) is 37.4 Å². The molecule has 1 aromatic heterocycles. The van der Waals surface area contributed by atoms with Crippen LogP contribution in [0, 0.1) is 11.8 Å². The molecule has 0 atom stereocenters. The number of nitrogens with zero attached hydrogens (tertiary/aromatic N) is 2. The van der Waals surface area contributed by atoms with Crippen molar-refractivity contribution in [3.63, 3.8) is 0 Å². The Labute approximate surface area is 210 Å². The Bertz CT molecular complexity index is 1170. The van der Waals surface area contributed by atoms with E-state index in [1.54, 1.807) is 6.07 Å². The van der Waals surface area contributed by atoms with Gasteiger partial charge in [-0.25, -0.2) is 0 Å². The van der Waals surface area contributed by atoms with Crippen LogP contribution in [0.1, 0.15) is 39.2 Å². The van der Waals surface area contributed by atoms with E-state index in [0.717, 1.165) is 51.1 Å². The van der Waals surface area contributed by atoms with Crippen LogP contribution in [0.15, 0.2) is 52.0 Å². The molecule has 3 aromatic rings. The molecule has 0 spiro atoms. The lowest BCUT2D eigenvalue weighted by Crippen LogP contribution is -2.20. The Hall–Kier alpha value is -1.94. The maximum atomic E-state index is 11.2. The van der Waals surface area contributed by atoms with Crippen LogP contribution in [0.5, 0.6) is 0 Å². The highest BCUT2D eigenvalue weighted by Crippen LogP contribution is 2.28. The topological polar surface area (TPSA) is 93.5 Å². The molecule has 0 amide bonds. The van der Waals surface area contributed by atoms with Crippen LogP contribution in [-0.2, 0) is 27.8 Å². The Morgan fingerprint density at radius 1 is 1.18 bits per heavy atom. The molecule has 1 fully saturated rings. The van der Waals surface area contributed by atoms with Gasteiger partial charge >= 0.3 is 0 Å². The molecule has 0 saturated carbocycles. The Balaban J connectivity index is 0.000000215. The molecule has 0 bridgehead atoms. The summed E-state index contributed by atoms with van der Waals surface area (Å²) in [6.45, 7) is 9.98. The SMILES string of the molecule is CCc1ccc(NCC(C)C)cc1.O=S(=O)(O)c1ccc2c(c1)c(Br)nn2CC1CCOCC1. The molecule has 2 heterocycles. The van der Waals surface area contributed by atoms with Gasteiger partial charge in [-0.2, -0.15) is 13.5 Å². The Morgan fingerprint density at radius 2 is 1.85 bits per heavy atom. The van der Waals surface area contributed by atoms with E-state index in [1.165, 1.54) is 23.4 Å². The van der Waals surface area contributed by atoms with Gasteiger partial charge in [-0.15, -0.1) is 0 Å². The van der Waals surface area contributed by atoms with Crippen molar-refractivity contribution in [2.24, 2.45) is 11.8 Å². The molecule has 7 nitrogen and oxygen atoms in total. The zero-order valence-electron chi connectivity index (χ0n) is 20.0. The fourth-order valence-electron chi connectivity index (χ4n) is 3.77. The zero-order chi connectivity index (χ0) is 24.7. The van der Waals surface area contributed by atoms with Gasteiger partial charge in [0.1, 0.15) is 4.60 Å². The van der Waals surface area contributed by atoms with Crippen molar-refractivity contribution < 1.29 is 17.7 Å². The van der Waals surface area contributed by atoms with E-state index < -0.39 is 10.1 Å². The van der Waals surface area contributed by atoms with E-state index in [4.69, 9.17) is 9.29 Å². The minimum Gasteiger partial charge on any atom is -0.385 e. The summed E-state index contributed by atoms with van der Waals surface area (Å²) >= 11 is 3.35. The van der Waals surface area contributed by atoms with Gasteiger partial charge in [0.25, 0.3) is 10.1 Å². The molecule has 1 aliphatic rings. The van der Waals surface area contributed by atoms with Crippen molar-refractivity contribution in [2.45, 2.75) is 51.5 Å². The summed E-state index contributed by atoms with van der Waals surface area (Å²) in [7, 11) is -4.20. The zero-order valence-corrected chi connectivity index (χ0v) is 22.4. The maximum Gasteiger partial charge on any atom is 0.294 e. The second-order valence-corrected chi connectivity index (χ2v) is 11.2. The molecule has 0 radical (unpaired) electrons. The molecule has 186 valence electrons. The Morgan fingerprint density at radius 3 is 2.44 bits per heavy atom. The number of aryl methyl sites for hydroxylation is 1. The maximum absolute atomic E-state index is 11.2. The smallest absolute Gasteiger partial charge is 0.294 e. The van der Waals surface area contributed by atoms with Gasteiger partial charge in [0.05, 0.1) is 10.4 Å². The largest absolute Gasteiger partial charge is 0.385 e. The molecule has 0 unspecified atom stereocenters. The third-order valence-electron chi connectivity index (χ3n) is 5.82. The number of anilines is 1. The highest BCUT2D eigenvalue weighted by Gasteiger charge is 2.19. The second-order valence-electron chi connectivity index (χ2n) is 9.01. The first-order valence-corrected chi connectivity index (χ1v) is 13.9.